The summed E-state index contributed by atoms with van der Waals surface area (Å²) in [6, 6.07) is 0.278. The molecular weight excluding hydrogens is 304 g/mol. The number of imidazole rings is 1. The Labute approximate surface area is 140 Å². The van der Waals surface area contributed by atoms with E-state index in [0.717, 1.165) is 49.4 Å². The molecule has 4 heterocycles. The molecule has 0 spiro atoms. The molecular formula is C17H22N6O. The van der Waals surface area contributed by atoms with Gasteiger partial charge < -0.3 is 10.1 Å². The Morgan fingerprint density at radius 2 is 2.29 bits per heavy atom. The quantitative estimate of drug-likeness (QED) is 0.776. The summed E-state index contributed by atoms with van der Waals surface area (Å²) >= 11 is 0. The van der Waals surface area contributed by atoms with E-state index in [1.54, 1.807) is 12.4 Å². The fourth-order valence-electron chi connectivity index (χ4n) is 3.28. The second kappa shape index (κ2) is 6.70. The number of ether oxygens (including phenoxy) is 1. The van der Waals surface area contributed by atoms with Crippen LogP contribution in [0.3, 0.4) is 0 Å². The molecule has 0 bridgehead atoms. The molecule has 0 unspecified atom stereocenters. The molecule has 1 aliphatic heterocycles. The molecule has 3 aromatic rings. The second-order valence-electron chi connectivity index (χ2n) is 6.10. The SMILES string of the molecule is CCn1cc([C@H]2OCCC[C@@H]2NCc2cnc3cnccn23)cn1. The molecule has 0 amide bonds. The molecule has 7 nitrogen and oxygen atoms in total. The second-order valence-corrected chi connectivity index (χ2v) is 6.10. The van der Waals surface area contributed by atoms with Crippen LogP contribution in [0.2, 0.25) is 0 Å². The standard InChI is InChI=1S/C17H22N6O/c1-2-22-12-13(8-21-22)17-15(4-3-7-24-17)19-9-14-10-20-16-11-18-5-6-23(14)16/h5-6,8,10-12,15,17,19H,2-4,7,9H2,1H3/t15-,17+/m0/s1. The van der Waals surface area contributed by atoms with Crippen LogP contribution in [-0.4, -0.2) is 36.8 Å². The van der Waals surface area contributed by atoms with E-state index in [-0.39, 0.29) is 12.1 Å². The van der Waals surface area contributed by atoms with Crippen LogP contribution in [0.15, 0.2) is 37.2 Å². The topological polar surface area (TPSA) is 69.3 Å². The van der Waals surface area contributed by atoms with E-state index in [4.69, 9.17) is 4.74 Å². The van der Waals surface area contributed by atoms with Gasteiger partial charge in [0.05, 0.1) is 24.3 Å². The third-order valence-corrected chi connectivity index (χ3v) is 4.57. The maximum Gasteiger partial charge on any atom is 0.155 e. The van der Waals surface area contributed by atoms with Crippen LogP contribution in [-0.2, 0) is 17.8 Å². The minimum absolute atomic E-state index is 0.0555. The highest BCUT2D eigenvalue weighted by Gasteiger charge is 2.28. The van der Waals surface area contributed by atoms with Gasteiger partial charge in [0.2, 0.25) is 0 Å². The lowest BCUT2D eigenvalue weighted by atomic mass is 9.98. The van der Waals surface area contributed by atoms with Gasteiger partial charge in [-0.05, 0) is 19.8 Å². The van der Waals surface area contributed by atoms with Gasteiger partial charge in [-0.1, -0.05) is 0 Å². The summed E-state index contributed by atoms with van der Waals surface area (Å²) in [7, 11) is 0. The first-order valence-corrected chi connectivity index (χ1v) is 8.48. The number of fused-ring (bicyclic) bond motifs is 1. The number of hydrogen-bond donors (Lipinski definition) is 1. The molecule has 24 heavy (non-hydrogen) atoms. The van der Waals surface area contributed by atoms with Crippen LogP contribution >= 0.6 is 0 Å². The van der Waals surface area contributed by atoms with Crippen molar-refractivity contribution in [2.24, 2.45) is 0 Å². The summed E-state index contributed by atoms with van der Waals surface area (Å²) in [5.74, 6) is 0. The van der Waals surface area contributed by atoms with Crippen LogP contribution in [0.4, 0.5) is 0 Å². The van der Waals surface area contributed by atoms with Crippen molar-refractivity contribution in [1.29, 1.82) is 0 Å². The van der Waals surface area contributed by atoms with E-state index in [2.05, 4.69) is 37.9 Å². The smallest absolute Gasteiger partial charge is 0.155 e. The molecule has 1 N–H and O–H groups in total. The van der Waals surface area contributed by atoms with Crippen molar-refractivity contribution in [2.75, 3.05) is 6.61 Å². The van der Waals surface area contributed by atoms with Gasteiger partial charge in [-0.15, -0.1) is 0 Å². The zero-order chi connectivity index (χ0) is 16.4. The Kier molecular flexibility index (Phi) is 4.27. The fraction of sp³-hybridized carbons (Fsp3) is 0.471. The van der Waals surface area contributed by atoms with Crippen LogP contribution in [0.25, 0.3) is 5.65 Å². The molecule has 2 atom stereocenters. The summed E-state index contributed by atoms with van der Waals surface area (Å²) in [5, 5.41) is 8.03. The highest BCUT2D eigenvalue weighted by atomic mass is 16.5. The van der Waals surface area contributed by atoms with Crippen LogP contribution in [0.1, 0.15) is 37.1 Å². The van der Waals surface area contributed by atoms with Gasteiger partial charge in [0.15, 0.2) is 5.65 Å². The van der Waals surface area contributed by atoms with E-state index >= 15 is 0 Å². The number of rotatable bonds is 5. The Hall–Kier alpha value is -2.25. The molecule has 0 radical (unpaired) electrons. The summed E-state index contributed by atoms with van der Waals surface area (Å²) in [4.78, 5) is 8.50. The predicted octanol–water partition coefficient (Wildman–Crippen LogP) is 1.96. The zero-order valence-corrected chi connectivity index (χ0v) is 13.8. The number of aromatic nitrogens is 5. The minimum Gasteiger partial charge on any atom is -0.372 e. The highest BCUT2D eigenvalue weighted by molar-refractivity contribution is 5.36. The van der Waals surface area contributed by atoms with Gasteiger partial charge >= 0.3 is 0 Å². The Morgan fingerprint density at radius 3 is 3.17 bits per heavy atom. The van der Waals surface area contributed by atoms with E-state index in [0.29, 0.717) is 0 Å². The van der Waals surface area contributed by atoms with Gasteiger partial charge in [0, 0.05) is 49.9 Å². The average molecular weight is 326 g/mol. The van der Waals surface area contributed by atoms with Crippen molar-refractivity contribution >= 4 is 5.65 Å². The fourth-order valence-corrected chi connectivity index (χ4v) is 3.28. The molecule has 126 valence electrons. The molecule has 0 aliphatic carbocycles. The van der Waals surface area contributed by atoms with E-state index in [1.807, 2.05) is 23.3 Å². The van der Waals surface area contributed by atoms with Gasteiger partial charge in [-0.25, -0.2) is 4.98 Å². The van der Waals surface area contributed by atoms with Crippen molar-refractivity contribution in [3.8, 4) is 0 Å². The normalized spacial score (nSPS) is 21.4. The number of nitrogens with one attached hydrogen (secondary N) is 1. The van der Waals surface area contributed by atoms with Crippen molar-refractivity contribution in [3.05, 3.63) is 48.4 Å². The molecule has 0 aromatic carbocycles. The van der Waals surface area contributed by atoms with Gasteiger partial charge in [-0.3, -0.25) is 14.1 Å². The lowest BCUT2D eigenvalue weighted by Crippen LogP contribution is -2.39. The molecule has 4 rings (SSSR count). The molecule has 1 saturated heterocycles. The summed E-state index contributed by atoms with van der Waals surface area (Å²) in [6.07, 6.45) is 13.6. The summed E-state index contributed by atoms with van der Waals surface area (Å²) in [5.41, 5.74) is 3.15. The van der Waals surface area contributed by atoms with Crippen molar-refractivity contribution < 1.29 is 4.74 Å². The third-order valence-electron chi connectivity index (χ3n) is 4.57. The molecule has 7 heteroatoms. The number of nitrogens with zero attached hydrogens (tertiary/aromatic N) is 5. The first-order chi connectivity index (χ1) is 11.8. The van der Waals surface area contributed by atoms with Crippen LogP contribution < -0.4 is 5.32 Å². The van der Waals surface area contributed by atoms with E-state index in [1.165, 1.54) is 0 Å². The average Bonchev–Trinajstić information content (AvgIpc) is 3.27. The Morgan fingerprint density at radius 1 is 1.33 bits per heavy atom. The largest absolute Gasteiger partial charge is 0.372 e. The zero-order valence-electron chi connectivity index (χ0n) is 13.8. The first-order valence-electron chi connectivity index (χ1n) is 8.48. The molecule has 0 saturated carbocycles. The van der Waals surface area contributed by atoms with Crippen molar-refractivity contribution in [3.63, 3.8) is 0 Å². The van der Waals surface area contributed by atoms with Crippen molar-refractivity contribution in [1.82, 2.24) is 29.5 Å². The lowest BCUT2D eigenvalue weighted by molar-refractivity contribution is -0.0113. The Balaban J connectivity index is 1.49. The van der Waals surface area contributed by atoms with Crippen LogP contribution in [0, 0.1) is 0 Å². The number of hydrogen-bond acceptors (Lipinski definition) is 5. The molecule has 1 fully saturated rings. The van der Waals surface area contributed by atoms with Crippen molar-refractivity contribution in [2.45, 2.75) is 45.0 Å². The summed E-state index contributed by atoms with van der Waals surface area (Å²) < 4.78 is 10.1. The maximum atomic E-state index is 6.04. The monoisotopic (exact) mass is 326 g/mol. The first kappa shape index (κ1) is 15.3. The minimum atomic E-state index is 0.0555. The van der Waals surface area contributed by atoms with Gasteiger partial charge in [0.25, 0.3) is 0 Å². The third kappa shape index (κ3) is 2.92. The Bertz CT molecular complexity index is 810. The summed E-state index contributed by atoms with van der Waals surface area (Å²) in [6.45, 7) is 4.52. The lowest BCUT2D eigenvalue weighted by Gasteiger charge is -2.32. The number of aryl methyl sites for hydroxylation is 1. The highest BCUT2D eigenvalue weighted by Crippen LogP contribution is 2.28. The molecule has 1 aliphatic rings. The maximum absolute atomic E-state index is 6.04. The molecule has 3 aromatic heterocycles. The van der Waals surface area contributed by atoms with Gasteiger partial charge in [0.1, 0.15) is 6.10 Å². The van der Waals surface area contributed by atoms with E-state index in [9.17, 15) is 0 Å². The predicted molar refractivity (Wildman–Crippen MR) is 89.4 cm³/mol. The van der Waals surface area contributed by atoms with Gasteiger partial charge in [-0.2, -0.15) is 5.10 Å². The van der Waals surface area contributed by atoms with Crippen LogP contribution in [0.5, 0.6) is 0 Å². The van der Waals surface area contributed by atoms with E-state index < -0.39 is 0 Å².